The molecule has 1 aliphatic rings. The Morgan fingerprint density at radius 2 is 2.03 bits per heavy atom. The molecule has 8 heteroatoms. The molecule has 0 saturated heterocycles. The molecule has 1 unspecified atom stereocenters. The van der Waals surface area contributed by atoms with Crippen molar-refractivity contribution in [3.8, 4) is 11.5 Å². The Morgan fingerprint density at radius 3 is 2.80 bits per heavy atom. The van der Waals surface area contributed by atoms with Gasteiger partial charge in [-0.05, 0) is 52.6 Å². The first-order valence-electron chi connectivity index (χ1n) is 10.0. The van der Waals surface area contributed by atoms with E-state index in [0.29, 0.717) is 23.0 Å². The highest BCUT2D eigenvalue weighted by atomic mass is 16.7. The third-order valence-corrected chi connectivity index (χ3v) is 4.76. The van der Waals surface area contributed by atoms with Gasteiger partial charge < -0.3 is 14.8 Å². The number of tetrazole rings is 1. The van der Waals surface area contributed by atoms with Gasteiger partial charge in [0, 0.05) is 6.08 Å². The van der Waals surface area contributed by atoms with E-state index >= 15 is 0 Å². The highest BCUT2D eigenvalue weighted by Crippen LogP contribution is 2.44. The maximum absolute atomic E-state index is 12.4. The number of para-hydroxylation sites is 1. The van der Waals surface area contributed by atoms with Gasteiger partial charge in [-0.25, -0.2) is 5.10 Å². The summed E-state index contributed by atoms with van der Waals surface area (Å²) in [5.41, 5.74) is 2.81. The van der Waals surface area contributed by atoms with Crippen LogP contribution in [0.4, 0.5) is 5.69 Å². The third kappa shape index (κ3) is 4.65. The Balaban J connectivity index is 1.37. The predicted octanol–water partition coefficient (Wildman–Crippen LogP) is 4.05. The summed E-state index contributed by atoms with van der Waals surface area (Å²) in [6.45, 7) is 2.20. The number of H-pyrrole nitrogens is 1. The molecule has 154 valence electrons. The average Bonchev–Trinajstić information content (AvgIpc) is 3.43. The van der Waals surface area contributed by atoms with Crippen LogP contribution in [0.3, 0.4) is 0 Å². The van der Waals surface area contributed by atoms with E-state index in [2.05, 4.69) is 45.0 Å². The first-order chi connectivity index (χ1) is 14.7. The summed E-state index contributed by atoms with van der Waals surface area (Å²) in [7, 11) is 0. The van der Waals surface area contributed by atoms with Gasteiger partial charge >= 0.3 is 6.29 Å². The second-order valence-corrected chi connectivity index (χ2v) is 7.01. The molecule has 1 aromatic heterocycles. The van der Waals surface area contributed by atoms with E-state index in [0.717, 1.165) is 12.0 Å². The van der Waals surface area contributed by atoms with Crippen molar-refractivity contribution in [3.05, 3.63) is 65.5 Å². The fraction of sp³-hybridized carbons (Fsp3) is 0.273. The maximum Gasteiger partial charge on any atom is 0.304 e. The van der Waals surface area contributed by atoms with Gasteiger partial charge in [0.1, 0.15) is 0 Å². The quantitative estimate of drug-likeness (QED) is 0.433. The highest BCUT2D eigenvalue weighted by molar-refractivity contribution is 6.03. The summed E-state index contributed by atoms with van der Waals surface area (Å²) in [4.78, 5) is 12.4. The number of ether oxygens (including phenoxy) is 2. The molecule has 1 atom stereocenters. The number of amides is 1. The van der Waals surface area contributed by atoms with Crippen LogP contribution < -0.4 is 14.8 Å². The monoisotopic (exact) mass is 405 g/mol. The van der Waals surface area contributed by atoms with Crippen molar-refractivity contribution in [2.45, 2.75) is 38.9 Å². The zero-order chi connectivity index (χ0) is 20.8. The van der Waals surface area contributed by atoms with Gasteiger partial charge in [0.05, 0.1) is 5.69 Å². The lowest BCUT2D eigenvalue weighted by atomic mass is 10.1. The number of rotatable bonds is 8. The number of nitrogens with one attached hydrogen (secondary N) is 2. The lowest BCUT2D eigenvalue weighted by molar-refractivity contribution is -0.111. The van der Waals surface area contributed by atoms with Crippen LogP contribution in [-0.2, 0) is 11.2 Å². The number of aromatic nitrogens is 4. The molecule has 30 heavy (non-hydrogen) atoms. The minimum Gasteiger partial charge on any atom is -0.444 e. The lowest BCUT2D eigenvalue weighted by Crippen LogP contribution is -2.11. The predicted molar refractivity (Wildman–Crippen MR) is 112 cm³/mol. The van der Waals surface area contributed by atoms with E-state index in [1.807, 2.05) is 12.1 Å². The number of hydrogen-bond donors (Lipinski definition) is 2. The van der Waals surface area contributed by atoms with Gasteiger partial charge in [-0.1, -0.05) is 50.1 Å². The Labute approximate surface area is 174 Å². The van der Waals surface area contributed by atoms with Crippen molar-refractivity contribution in [2.75, 3.05) is 5.32 Å². The lowest BCUT2D eigenvalue weighted by Gasteiger charge is -2.07. The van der Waals surface area contributed by atoms with Crippen molar-refractivity contribution in [1.29, 1.82) is 0 Å². The summed E-state index contributed by atoms with van der Waals surface area (Å²) in [6, 6.07) is 13.6. The molecule has 0 fully saturated rings. The number of aromatic amines is 1. The van der Waals surface area contributed by atoms with Crippen LogP contribution >= 0.6 is 0 Å². The van der Waals surface area contributed by atoms with E-state index in [4.69, 9.17) is 9.47 Å². The van der Waals surface area contributed by atoms with Gasteiger partial charge in [-0.2, -0.15) is 0 Å². The van der Waals surface area contributed by atoms with Crippen LogP contribution in [0.15, 0.2) is 48.5 Å². The topological polar surface area (TPSA) is 102 Å². The van der Waals surface area contributed by atoms with E-state index in [1.165, 1.54) is 30.9 Å². The summed E-state index contributed by atoms with van der Waals surface area (Å²) in [5, 5.41) is 16.3. The fourth-order valence-electron chi connectivity index (χ4n) is 3.17. The van der Waals surface area contributed by atoms with E-state index in [1.54, 1.807) is 24.3 Å². The molecule has 2 N–H and O–H groups in total. The average molecular weight is 405 g/mol. The summed E-state index contributed by atoms with van der Waals surface area (Å²) >= 11 is 0. The molecule has 0 bridgehead atoms. The number of fused-ring (bicyclic) bond motifs is 1. The Kier molecular flexibility index (Phi) is 6.03. The van der Waals surface area contributed by atoms with Crippen LogP contribution in [-0.4, -0.2) is 26.5 Å². The minimum absolute atomic E-state index is 0.260. The highest BCUT2D eigenvalue weighted by Gasteiger charge is 2.30. The van der Waals surface area contributed by atoms with E-state index < -0.39 is 6.29 Å². The fourth-order valence-corrected chi connectivity index (χ4v) is 3.17. The van der Waals surface area contributed by atoms with Crippen LogP contribution in [0.5, 0.6) is 11.5 Å². The van der Waals surface area contributed by atoms with Crippen molar-refractivity contribution in [1.82, 2.24) is 20.6 Å². The maximum atomic E-state index is 12.4. The molecule has 2 aromatic carbocycles. The molecular formula is C22H23N5O3. The van der Waals surface area contributed by atoms with Crippen molar-refractivity contribution in [3.63, 3.8) is 0 Å². The Morgan fingerprint density at radius 1 is 1.17 bits per heavy atom. The molecule has 0 aliphatic carbocycles. The van der Waals surface area contributed by atoms with Crippen LogP contribution in [0, 0.1) is 0 Å². The third-order valence-electron chi connectivity index (χ3n) is 4.76. The number of aryl methyl sites for hydroxylation is 1. The van der Waals surface area contributed by atoms with Gasteiger partial charge in [0.2, 0.25) is 11.7 Å². The van der Waals surface area contributed by atoms with Crippen molar-refractivity contribution < 1.29 is 14.3 Å². The number of benzene rings is 2. The number of hydrogen-bond acceptors (Lipinski definition) is 6. The summed E-state index contributed by atoms with van der Waals surface area (Å²) < 4.78 is 11.4. The molecular weight excluding hydrogens is 382 g/mol. The smallest absolute Gasteiger partial charge is 0.304 e. The molecule has 1 amide bonds. The van der Waals surface area contributed by atoms with Crippen LogP contribution in [0.25, 0.3) is 6.08 Å². The van der Waals surface area contributed by atoms with Crippen LogP contribution in [0.1, 0.15) is 49.4 Å². The normalized spacial score (nSPS) is 14.9. The minimum atomic E-state index is -0.778. The SMILES string of the molecule is CCCCCc1ccc(/C=C/C(=O)Nc2cccc3c2OC(c2nnn[nH]2)O3)cc1. The second-order valence-electron chi connectivity index (χ2n) is 7.01. The Hall–Kier alpha value is -3.68. The van der Waals surface area contributed by atoms with E-state index in [9.17, 15) is 4.79 Å². The number of anilines is 1. The molecule has 3 aromatic rings. The van der Waals surface area contributed by atoms with Gasteiger partial charge in [-0.15, -0.1) is 5.10 Å². The zero-order valence-electron chi connectivity index (χ0n) is 16.7. The molecule has 2 heterocycles. The summed E-state index contributed by atoms with van der Waals surface area (Å²) in [5.74, 6) is 1.04. The largest absolute Gasteiger partial charge is 0.444 e. The molecule has 8 nitrogen and oxygen atoms in total. The first kappa shape index (κ1) is 19.6. The summed E-state index contributed by atoms with van der Waals surface area (Å²) in [6.07, 6.45) is 7.26. The van der Waals surface area contributed by atoms with Gasteiger partial charge in [0.25, 0.3) is 0 Å². The van der Waals surface area contributed by atoms with E-state index in [-0.39, 0.29) is 5.91 Å². The number of carbonyl (C=O) groups is 1. The first-order valence-corrected chi connectivity index (χ1v) is 10.0. The number of nitrogens with zero attached hydrogens (tertiary/aromatic N) is 3. The van der Waals surface area contributed by atoms with Crippen LogP contribution in [0.2, 0.25) is 0 Å². The number of carbonyl (C=O) groups excluding carboxylic acids is 1. The molecule has 0 saturated carbocycles. The molecule has 0 spiro atoms. The van der Waals surface area contributed by atoms with Crippen molar-refractivity contribution >= 4 is 17.7 Å². The standard InChI is InChI=1S/C22H23N5O3/c1-2-3-4-6-15-9-11-16(12-10-15)13-14-19(28)23-17-7-5-8-18-20(17)30-22(29-18)21-24-26-27-25-21/h5,7-14,22H,2-4,6H2,1H3,(H,23,28)(H,24,25,26,27)/b14-13+. The van der Waals surface area contributed by atoms with Gasteiger partial charge in [0.15, 0.2) is 11.5 Å². The number of unbranched alkanes of at least 4 members (excludes halogenated alkanes) is 2. The Bertz CT molecular complexity index is 1020. The molecule has 4 rings (SSSR count). The van der Waals surface area contributed by atoms with Gasteiger partial charge in [-0.3, -0.25) is 4.79 Å². The molecule has 1 aliphatic heterocycles. The second kappa shape index (κ2) is 9.21. The van der Waals surface area contributed by atoms with Crippen molar-refractivity contribution in [2.24, 2.45) is 0 Å². The molecule has 0 radical (unpaired) electrons. The zero-order valence-corrected chi connectivity index (χ0v) is 16.7.